The number of nitrogens with zero attached hydrogens (tertiary/aromatic N) is 2. The van der Waals surface area contributed by atoms with Gasteiger partial charge < -0.3 is 5.32 Å². The lowest BCUT2D eigenvalue weighted by Gasteiger charge is -2.09. The minimum atomic E-state index is -0.348. The molecular formula is C20H14FN3O. The molecule has 0 atom stereocenters. The first kappa shape index (κ1) is 15.2. The number of rotatable bonds is 2. The maximum Gasteiger partial charge on any atom is 0.257 e. The van der Waals surface area contributed by atoms with Gasteiger partial charge in [-0.25, -0.2) is 4.39 Å². The normalized spacial score (nSPS) is 11.0. The number of aryl methyl sites for hydroxylation is 1. The summed E-state index contributed by atoms with van der Waals surface area (Å²) in [7, 11) is 0. The molecule has 0 spiro atoms. The van der Waals surface area contributed by atoms with E-state index in [0.717, 1.165) is 10.9 Å². The van der Waals surface area contributed by atoms with Gasteiger partial charge in [-0.05, 0) is 37.3 Å². The molecular weight excluding hydrogens is 317 g/mol. The Bertz CT molecular complexity index is 1120. The van der Waals surface area contributed by atoms with E-state index >= 15 is 0 Å². The van der Waals surface area contributed by atoms with Crippen LogP contribution in [-0.2, 0) is 0 Å². The molecule has 1 amide bonds. The molecule has 2 aromatic heterocycles. The number of para-hydroxylation sites is 1. The average Bonchev–Trinajstić information content (AvgIpc) is 2.61. The highest BCUT2D eigenvalue weighted by Gasteiger charge is 2.13. The van der Waals surface area contributed by atoms with E-state index in [4.69, 9.17) is 0 Å². The van der Waals surface area contributed by atoms with E-state index in [1.54, 1.807) is 25.3 Å². The van der Waals surface area contributed by atoms with Gasteiger partial charge in [-0.15, -0.1) is 0 Å². The number of hydrogen-bond donors (Lipinski definition) is 1. The van der Waals surface area contributed by atoms with Gasteiger partial charge in [0.15, 0.2) is 0 Å². The van der Waals surface area contributed by atoms with Crippen LogP contribution in [0.4, 0.5) is 10.1 Å². The van der Waals surface area contributed by atoms with Crippen LogP contribution in [-0.4, -0.2) is 15.9 Å². The zero-order valence-electron chi connectivity index (χ0n) is 13.5. The molecule has 0 saturated carbocycles. The van der Waals surface area contributed by atoms with Crippen LogP contribution in [0.2, 0.25) is 0 Å². The van der Waals surface area contributed by atoms with Crippen molar-refractivity contribution in [1.82, 2.24) is 9.97 Å². The summed E-state index contributed by atoms with van der Waals surface area (Å²) < 4.78 is 13.3. The second-order valence-electron chi connectivity index (χ2n) is 5.83. The van der Waals surface area contributed by atoms with E-state index in [9.17, 15) is 9.18 Å². The van der Waals surface area contributed by atoms with E-state index < -0.39 is 0 Å². The van der Waals surface area contributed by atoms with Gasteiger partial charge in [-0.2, -0.15) is 0 Å². The smallest absolute Gasteiger partial charge is 0.257 e. The predicted molar refractivity (Wildman–Crippen MR) is 96.1 cm³/mol. The summed E-state index contributed by atoms with van der Waals surface area (Å²) >= 11 is 0. The summed E-state index contributed by atoms with van der Waals surface area (Å²) in [5.74, 6) is -0.618. The monoisotopic (exact) mass is 331 g/mol. The topological polar surface area (TPSA) is 54.9 Å². The van der Waals surface area contributed by atoms with Crippen LogP contribution >= 0.6 is 0 Å². The molecule has 25 heavy (non-hydrogen) atoms. The van der Waals surface area contributed by atoms with E-state index in [1.807, 2.05) is 30.3 Å². The first-order valence-corrected chi connectivity index (χ1v) is 7.83. The number of halogens is 1. The SMILES string of the molecule is Cc1nc2cc(F)ccc2cc1C(=O)Nc1cnc2ccccc2c1. The molecule has 5 heteroatoms. The highest BCUT2D eigenvalue weighted by molar-refractivity contribution is 6.07. The molecule has 0 fully saturated rings. The largest absolute Gasteiger partial charge is 0.321 e. The highest BCUT2D eigenvalue weighted by Crippen LogP contribution is 2.20. The van der Waals surface area contributed by atoms with Crippen molar-refractivity contribution in [1.29, 1.82) is 0 Å². The minimum absolute atomic E-state index is 0.270. The van der Waals surface area contributed by atoms with E-state index in [0.29, 0.717) is 27.8 Å². The Kier molecular flexibility index (Phi) is 3.61. The molecule has 0 aliphatic heterocycles. The summed E-state index contributed by atoms with van der Waals surface area (Å²) in [6, 6.07) is 15.6. The molecule has 4 nitrogen and oxygen atoms in total. The standard InChI is InChI=1S/C20H14FN3O/c1-12-17(9-14-6-7-15(21)10-19(14)23-12)20(25)24-16-8-13-4-2-3-5-18(13)22-11-16/h2-11H,1H3,(H,24,25). The molecule has 4 rings (SSSR count). The zero-order chi connectivity index (χ0) is 17.4. The van der Waals surface area contributed by atoms with Gasteiger partial charge in [-0.3, -0.25) is 14.8 Å². The highest BCUT2D eigenvalue weighted by atomic mass is 19.1. The maximum absolute atomic E-state index is 13.3. The Morgan fingerprint density at radius 2 is 1.80 bits per heavy atom. The lowest BCUT2D eigenvalue weighted by molar-refractivity contribution is 0.102. The van der Waals surface area contributed by atoms with Crippen LogP contribution in [0.25, 0.3) is 21.8 Å². The van der Waals surface area contributed by atoms with Gasteiger partial charge >= 0.3 is 0 Å². The number of hydrogen-bond acceptors (Lipinski definition) is 3. The summed E-state index contributed by atoms with van der Waals surface area (Å²) in [5, 5.41) is 4.52. The molecule has 1 N–H and O–H groups in total. The predicted octanol–water partition coefficient (Wildman–Crippen LogP) is 4.48. The van der Waals surface area contributed by atoms with Crippen molar-refractivity contribution in [3.63, 3.8) is 0 Å². The number of carbonyl (C=O) groups excluding carboxylic acids is 1. The number of fused-ring (bicyclic) bond motifs is 2. The lowest BCUT2D eigenvalue weighted by atomic mass is 10.1. The first-order chi connectivity index (χ1) is 12.1. The van der Waals surface area contributed by atoms with Crippen molar-refractivity contribution >= 4 is 33.4 Å². The second kappa shape index (κ2) is 5.94. The van der Waals surface area contributed by atoms with Gasteiger partial charge in [0, 0.05) is 16.8 Å². The third-order valence-electron chi connectivity index (χ3n) is 4.06. The van der Waals surface area contributed by atoms with Crippen LogP contribution < -0.4 is 5.32 Å². The molecule has 0 radical (unpaired) electrons. The molecule has 0 unspecified atom stereocenters. The number of anilines is 1. The summed E-state index contributed by atoms with van der Waals surface area (Å²) in [4.78, 5) is 21.3. The summed E-state index contributed by atoms with van der Waals surface area (Å²) in [6.45, 7) is 1.73. The molecule has 0 aliphatic carbocycles. The van der Waals surface area contributed by atoms with Crippen LogP contribution in [0.3, 0.4) is 0 Å². The fraction of sp³-hybridized carbons (Fsp3) is 0.0500. The van der Waals surface area contributed by atoms with Crippen molar-refractivity contribution in [2.45, 2.75) is 6.92 Å². The Hall–Kier alpha value is -3.34. The summed E-state index contributed by atoms with van der Waals surface area (Å²) in [5.41, 5.74) is 3.01. The number of amides is 1. The molecule has 2 aromatic carbocycles. The van der Waals surface area contributed by atoms with E-state index in [2.05, 4.69) is 15.3 Å². The van der Waals surface area contributed by atoms with Gasteiger partial charge in [0.25, 0.3) is 5.91 Å². The van der Waals surface area contributed by atoms with E-state index in [1.165, 1.54) is 12.1 Å². The minimum Gasteiger partial charge on any atom is -0.321 e. The molecule has 4 aromatic rings. The van der Waals surface area contributed by atoms with Crippen LogP contribution in [0.15, 0.2) is 60.8 Å². The average molecular weight is 331 g/mol. The van der Waals surface area contributed by atoms with Crippen molar-refractivity contribution in [2.75, 3.05) is 5.32 Å². The van der Waals surface area contributed by atoms with Crippen molar-refractivity contribution in [2.24, 2.45) is 0 Å². The first-order valence-electron chi connectivity index (χ1n) is 7.83. The van der Waals surface area contributed by atoms with Crippen molar-refractivity contribution in [3.8, 4) is 0 Å². The van der Waals surface area contributed by atoms with Crippen LogP contribution in [0.1, 0.15) is 16.1 Å². The van der Waals surface area contributed by atoms with Crippen LogP contribution in [0.5, 0.6) is 0 Å². The zero-order valence-corrected chi connectivity index (χ0v) is 13.5. The maximum atomic E-state index is 13.3. The molecule has 2 heterocycles. The third-order valence-corrected chi connectivity index (χ3v) is 4.06. The number of aromatic nitrogens is 2. The fourth-order valence-electron chi connectivity index (χ4n) is 2.80. The van der Waals surface area contributed by atoms with Gasteiger partial charge in [0.1, 0.15) is 5.82 Å². The quantitative estimate of drug-likeness (QED) is 0.589. The van der Waals surface area contributed by atoms with Crippen LogP contribution in [0, 0.1) is 12.7 Å². The van der Waals surface area contributed by atoms with E-state index in [-0.39, 0.29) is 11.7 Å². The Morgan fingerprint density at radius 3 is 2.68 bits per heavy atom. The van der Waals surface area contributed by atoms with Gasteiger partial charge in [0.05, 0.1) is 34.2 Å². The Balaban J connectivity index is 1.68. The summed E-state index contributed by atoms with van der Waals surface area (Å²) in [6.07, 6.45) is 1.62. The molecule has 0 saturated heterocycles. The van der Waals surface area contributed by atoms with Crippen molar-refractivity contribution in [3.05, 3.63) is 77.9 Å². The third kappa shape index (κ3) is 2.92. The van der Waals surface area contributed by atoms with Gasteiger partial charge in [-0.1, -0.05) is 18.2 Å². The van der Waals surface area contributed by atoms with Crippen molar-refractivity contribution < 1.29 is 9.18 Å². The fourth-order valence-corrected chi connectivity index (χ4v) is 2.80. The van der Waals surface area contributed by atoms with Gasteiger partial charge in [0.2, 0.25) is 0 Å². The number of pyridine rings is 2. The Labute approximate surface area is 143 Å². The number of nitrogens with one attached hydrogen (secondary N) is 1. The lowest BCUT2D eigenvalue weighted by Crippen LogP contribution is -2.14. The number of carbonyl (C=O) groups is 1. The number of benzene rings is 2. The second-order valence-corrected chi connectivity index (χ2v) is 5.83. The molecule has 122 valence electrons. The molecule has 0 bridgehead atoms. The Morgan fingerprint density at radius 1 is 1.00 bits per heavy atom. The molecule has 0 aliphatic rings.